The SMILES string of the molecule is C=CCN(CC(=O)OCC)Cc1ccc(OC)cc1F. The minimum Gasteiger partial charge on any atom is -0.497 e. The number of esters is 1. The van der Waals surface area contributed by atoms with Crippen LogP contribution in [0.3, 0.4) is 0 Å². The number of halogens is 1. The molecule has 0 heterocycles. The Balaban J connectivity index is 2.74. The van der Waals surface area contributed by atoms with Crippen molar-refractivity contribution < 1.29 is 18.7 Å². The lowest BCUT2D eigenvalue weighted by molar-refractivity contribution is -0.144. The van der Waals surface area contributed by atoms with Gasteiger partial charge in [-0.25, -0.2) is 4.39 Å². The number of benzene rings is 1. The number of carbonyl (C=O) groups is 1. The highest BCUT2D eigenvalue weighted by atomic mass is 19.1. The summed E-state index contributed by atoms with van der Waals surface area (Å²) in [5.74, 6) is -0.225. The number of rotatable bonds is 8. The van der Waals surface area contributed by atoms with Gasteiger partial charge < -0.3 is 9.47 Å². The van der Waals surface area contributed by atoms with Gasteiger partial charge in [0.05, 0.1) is 20.3 Å². The molecule has 0 aromatic heterocycles. The Morgan fingerprint density at radius 1 is 1.50 bits per heavy atom. The van der Waals surface area contributed by atoms with E-state index in [1.54, 1.807) is 30.0 Å². The molecule has 0 atom stereocenters. The maximum Gasteiger partial charge on any atom is 0.320 e. The number of methoxy groups -OCH3 is 1. The van der Waals surface area contributed by atoms with E-state index < -0.39 is 0 Å². The first-order chi connectivity index (χ1) is 9.60. The molecule has 5 heteroatoms. The van der Waals surface area contributed by atoms with Gasteiger partial charge in [-0.1, -0.05) is 12.1 Å². The fraction of sp³-hybridized carbons (Fsp3) is 0.400. The molecule has 0 unspecified atom stereocenters. The van der Waals surface area contributed by atoms with Crippen molar-refractivity contribution in [2.75, 3.05) is 26.8 Å². The first-order valence-electron chi connectivity index (χ1n) is 6.42. The van der Waals surface area contributed by atoms with Gasteiger partial charge in [-0.3, -0.25) is 9.69 Å². The Labute approximate surface area is 118 Å². The molecule has 0 aliphatic heterocycles. The van der Waals surface area contributed by atoms with Gasteiger partial charge in [0, 0.05) is 24.7 Å². The minimum absolute atomic E-state index is 0.103. The molecular formula is C15H20FNO3. The molecule has 0 saturated carbocycles. The van der Waals surface area contributed by atoms with Gasteiger partial charge in [0.25, 0.3) is 0 Å². The molecule has 0 aliphatic rings. The third-order valence-electron chi connectivity index (χ3n) is 2.70. The van der Waals surface area contributed by atoms with Crippen LogP contribution in [0.4, 0.5) is 4.39 Å². The zero-order valence-electron chi connectivity index (χ0n) is 11.9. The molecule has 0 radical (unpaired) electrons. The summed E-state index contributed by atoms with van der Waals surface area (Å²) in [7, 11) is 1.49. The third-order valence-corrected chi connectivity index (χ3v) is 2.70. The van der Waals surface area contributed by atoms with E-state index in [2.05, 4.69) is 6.58 Å². The van der Waals surface area contributed by atoms with Crippen LogP contribution in [0.25, 0.3) is 0 Å². The van der Waals surface area contributed by atoms with Crippen molar-refractivity contribution >= 4 is 5.97 Å². The second kappa shape index (κ2) is 8.32. The summed E-state index contributed by atoms with van der Waals surface area (Å²) in [5, 5.41) is 0. The van der Waals surface area contributed by atoms with Crippen LogP contribution in [0.2, 0.25) is 0 Å². The molecule has 0 N–H and O–H groups in total. The van der Waals surface area contributed by atoms with E-state index in [1.165, 1.54) is 13.2 Å². The van der Waals surface area contributed by atoms with Gasteiger partial charge in [0.15, 0.2) is 0 Å². The minimum atomic E-state index is -0.359. The number of ether oxygens (including phenoxy) is 2. The van der Waals surface area contributed by atoms with E-state index >= 15 is 0 Å². The molecule has 0 amide bonds. The first-order valence-corrected chi connectivity index (χ1v) is 6.42. The van der Waals surface area contributed by atoms with Crippen molar-refractivity contribution in [3.05, 3.63) is 42.2 Å². The standard InChI is InChI=1S/C15H20FNO3/c1-4-8-17(11-15(18)20-5-2)10-12-6-7-13(19-3)9-14(12)16/h4,6-7,9H,1,5,8,10-11H2,2-3H3. The van der Waals surface area contributed by atoms with Crippen LogP contribution >= 0.6 is 0 Å². The van der Waals surface area contributed by atoms with E-state index in [9.17, 15) is 9.18 Å². The average Bonchev–Trinajstić information content (AvgIpc) is 2.41. The van der Waals surface area contributed by atoms with Gasteiger partial charge in [-0.15, -0.1) is 6.58 Å². The molecule has 0 saturated heterocycles. The van der Waals surface area contributed by atoms with Crippen molar-refractivity contribution in [1.29, 1.82) is 0 Å². The van der Waals surface area contributed by atoms with Gasteiger partial charge in [0.1, 0.15) is 11.6 Å². The van der Waals surface area contributed by atoms with Crippen LogP contribution in [0.15, 0.2) is 30.9 Å². The Morgan fingerprint density at radius 3 is 2.80 bits per heavy atom. The maximum absolute atomic E-state index is 13.9. The predicted molar refractivity (Wildman–Crippen MR) is 75.1 cm³/mol. The normalized spacial score (nSPS) is 10.4. The Morgan fingerprint density at radius 2 is 2.25 bits per heavy atom. The van der Waals surface area contributed by atoms with E-state index in [4.69, 9.17) is 9.47 Å². The lowest BCUT2D eigenvalue weighted by Crippen LogP contribution is -2.31. The lowest BCUT2D eigenvalue weighted by atomic mass is 10.2. The summed E-state index contributed by atoms with van der Waals surface area (Å²) in [6.45, 7) is 6.60. The molecule has 0 bridgehead atoms. The fourth-order valence-corrected chi connectivity index (χ4v) is 1.78. The topological polar surface area (TPSA) is 38.8 Å². The van der Waals surface area contributed by atoms with Crippen LogP contribution in [-0.2, 0) is 16.1 Å². The smallest absolute Gasteiger partial charge is 0.320 e. The lowest BCUT2D eigenvalue weighted by Gasteiger charge is -2.20. The molecule has 0 fully saturated rings. The second-order valence-corrected chi connectivity index (χ2v) is 4.22. The summed E-state index contributed by atoms with van der Waals surface area (Å²) in [6, 6.07) is 4.66. The summed E-state index contributed by atoms with van der Waals surface area (Å²) in [4.78, 5) is 13.3. The number of hydrogen-bond acceptors (Lipinski definition) is 4. The highest BCUT2D eigenvalue weighted by molar-refractivity contribution is 5.71. The van der Waals surface area contributed by atoms with Gasteiger partial charge >= 0.3 is 5.97 Å². The van der Waals surface area contributed by atoms with Crippen molar-refractivity contribution in [1.82, 2.24) is 4.90 Å². The van der Waals surface area contributed by atoms with Crippen LogP contribution < -0.4 is 4.74 Å². The zero-order chi connectivity index (χ0) is 15.0. The van der Waals surface area contributed by atoms with Gasteiger partial charge in [-0.2, -0.15) is 0 Å². The van der Waals surface area contributed by atoms with E-state index in [0.717, 1.165) is 0 Å². The van der Waals surface area contributed by atoms with Crippen molar-refractivity contribution in [3.63, 3.8) is 0 Å². The van der Waals surface area contributed by atoms with Crippen LogP contribution in [0.5, 0.6) is 5.75 Å². The Bertz CT molecular complexity index is 462. The van der Waals surface area contributed by atoms with Crippen molar-refractivity contribution in [2.45, 2.75) is 13.5 Å². The number of nitrogens with zero attached hydrogens (tertiary/aromatic N) is 1. The maximum atomic E-state index is 13.9. The number of hydrogen-bond donors (Lipinski definition) is 0. The molecule has 110 valence electrons. The molecule has 1 aromatic carbocycles. The summed E-state index contributed by atoms with van der Waals surface area (Å²) in [5.41, 5.74) is 0.497. The van der Waals surface area contributed by atoms with Crippen molar-refractivity contribution in [2.24, 2.45) is 0 Å². The molecule has 1 rings (SSSR count). The van der Waals surface area contributed by atoms with Crippen LogP contribution in [0, 0.1) is 5.82 Å². The Kier molecular flexibility index (Phi) is 6.73. The molecule has 20 heavy (non-hydrogen) atoms. The highest BCUT2D eigenvalue weighted by Gasteiger charge is 2.13. The zero-order valence-corrected chi connectivity index (χ0v) is 11.9. The van der Waals surface area contributed by atoms with Crippen LogP contribution in [0.1, 0.15) is 12.5 Å². The average molecular weight is 281 g/mol. The van der Waals surface area contributed by atoms with Crippen molar-refractivity contribution in [3.8, 4) is 5.75 Å². The van der Waals surface area contributed by atoms with Gasteiger partial charge in [0.2, 0.25) is 0 Å². The largest absolute Gasteiger partial charge is 0.497 e. The molecule has 4 nitrogen and oxygen atoms in total. The first kappa shape index (κ1) is 16.2. The highest BCUT2D eigenvalue weighted by Crippen LogP contribution is 2.17. The fourth-order valence-electron chi connectivity index (χ4n) is 1.78. The Hall–Kier alpha value is -1.88. The second-order valence-electron chi connectivity index (χ2n) is 4.22. The van der Waals surface area contributed by atoms with E-state index in [0.29, 0.717) is 31.0 Å². The van der Waals surface area contributed by atoms with Crippen LogP contribution in [-0.4, -0.2) is 37.7 Å². The van der Waals surface area contributed by atoms with E-state index in [-0.39, 0.29) is 18.3 Å². The third kappa shape index (κ3) is 5.01. The summed E-state index contributed by atoms with van der Waals surface area (Å²) in [6.07, 6.45) is 1.67. The molecule has 0 spiro atoms. The number of carbonyl (C=O) groups excluding carboxylic acids is 1. The van der Waals surface area contributed by atoms with E-state index in [1.807, 2.05) is 0 Å². The molecule has 1 aromatic rings. The molecule has 0 aliphatic carbocycles. The predicted octanol–water partition coefficient (Wildman–Crippen LogP) is 2.39. The van der Waals surface area contributed by atoms with Gasteiger partial charge in [-0.05, 0) is 13.0 Å². The monoisotopic (exact) mass is 281 g/mol. The molecular weight excluding hydrogens is 261 g/mol. The summed E-state index contributed by atoms with van der Waals surface area (Å²) >= 11 is 0. The summed E-state index contributed by atoms with van der Waals surface area (Å²) < 4.78 is 23.7. The quantitative estimate of drug-likeness (QED) is 0.542.